The van der Waals surface area contributed by atoms with Crippen LogP contribution in [0.5, 0.6) is 0 Å². The van der Waals surface area contributed by atoms with Gasteiger partial charge in [0.05, 0.1) is 5.60 Å². The molecule has 0 bridgehead atoms. The van der Waals surface area contributed by atoms with E-state index in [2.05, 4.69) is 52.0 Å². The average Bonchev–Trinajstić information content (AvgIpc) is 2.27. The van der Waals surface area contributed by atoms with Gasteiger partial charge < -0.3 is 0 Å². The Morgan fingerprint density at radius 1 is 0.722 bits per heavy atom. The molecule has 0 heterocycles. The van der Waals surface area contributed by atoms with Gasteiger partial charge in [0.15, 0.2) is 0 Å². The van der Waals surface area contributed by atoms with Crippen LogP contribution in [0.2, 0.25) is 0 Å². The fourth-order valence-corrected chi connectivity index (χ4v) is 1.54. The molecule has 0 aromatic heterocycles. The fourth-order valence-electron chi connectivity index (χ4n) is 1.54. The summed E-state index contributed by atoms with van der Waals surface area (Å²) >= 11 is 0. The molecule has 2 heteroatoms. The third-order valence-electron chi connectivity index (χ3n) is 3.50. The zero-order valence-electron chi connectivity index (χ0n) is 12.7. The maximum atomic E-state index is 5.71. The lowest BCUT2D eigenvalue weighted by molar-refractivity contribution is -0.407. The average molecular weight is 250 g/mol. The molecule has 0 amide bonds. The molecule has 2 nitrogen and oxygen atoms in total. The van der Waals surface area contributed by atoms with Gasteiger partial charge in [-0.3, -0.25) is 0 Å². The van der Waals surface area contributed by atoms with Crippen molar-refractivity contribution in [1.82, 2.24) is 0 Å². The Kier molecular flexibility index (Phi) is 4.24. The third kappa shape index (κ3) is 3.56. The summed E-state index contributed by atoms with van der Waals surface area (Å²) < 4.78 is 0. The first-order valence-corrected chi connectivity index (χ1v) is 6.49. The summed E-state index contributed by atoms with van der Waals surface area (Å²) in [5.41, 5.74) is 0.387. The highest BCUT2D eigenvalue weighted by atomic mass is 17.2. The molecule has 0 fully saturated rings. The van der Waals surface area contributed by atoms with Crippen LogP contribution in [0.3, 0.4) is 0 Å². The second-order valence-corrected chi connectivity index (χ2v) is 6.78. The highest BCUT2D eigenvalue weighted by molar-refractivity contribution is 5.26. The van der Waals surface area contributed by atoms with Crippen molar-refractivity contribution in [2.75, 3.05) is 0 Å². The van der Waals surface area contributed by atoms with Crippen LogP contribution in [0.4, 0.5) is 0 Å². The normalized spacial score (nSPS) is 13.7. The van der Waals surface area contributed by atoms with Crippen LogP contribution in [-0.2, 0) is 15.2 Å². The van der Waals surface area contributed by atoms with Gasteiger partial charge in [0.25, 0.3) is 0 Å². The van der Waals surface area contributed by atoms with Crippen molar-refractivity contribution >= 4 is 0 Å². The third-order valence-corrected chi connectivity index (χ3v) is 3.50. The molecule has 102 valence electrons. The number of hydrogen-bond donors (Lipinski definition) is 0. The summed E-state index contributed by atoms with van der Waals surface area (Å²) in [4.78, 5) is 11.2. The molecule has 1 aromatic rings. The van der Waals surface area contributed by atoms with Crippen LogP contribution in [0.15, 0.2) is 30.3 Å². The molecule has 0 atom stereocenters. The number of hydrogen-bond acceptors (Lipinski definition) is 2. The van der Waals surface area contributed by atoms with Crippen molar-refractivity contribution in [2.24, 2.45) is 0 Å². The fraction of sp³-hybridized carbons (Fsp3) is 0.625. The second-order valence-electron chi connectivity index (χ2n) is 6.78. The lowest BCUT2D eigenvalue weighted by Crippen LogP contribution is -2.46. The molecular weight excluding hydrogens is 224 g/mol. The summed E-state index contributed by atoms with van der Waals surface area (Å²) in [7, 11) is 0. The Bertz CT molecular complexity index is 372. The van der Waals surface area contributed by atoms with Gasteiger partial charge in [-0.2, -0.15) is 0 Å². The Hall–Kier alpha value is -0.860. The van der Waals surface area contributed by atoms with Crippen molar-refractivity contribution in [2.45, 2.75) is 65.1 Å². The summed E-state index contributed by atoms with van der Waals surface area (Å²) in [5, 5.41) is 0. The number of rotatable bonds is 4. The molecule has 0 aliphatic carbocycles. The second kappa shape index (κ2) is 5.02. The minimum Gasteiger partial charge on any atom is -0.230 e. The van der Waals surface area contributed by atoms with E-state index in [0.29, 0.717) is 0 Å². The zero-order chi connectivity index (χ0) is 14.0. The van der Waals surface area contributed by atoms with Crippen molar-refractivity contribution in [3.63, 3.8) is 0 Å². The summed E-state index contributed by atoms with van der Waals surface area (Å²) in [6, 6.07) is 10.4. The van der Waals surface area contributed by atoms with Gasteiger partial charge in [-0.1, -0.05) is 44.2 Å². The monoisotopic (exact) mass is 250 g/mol. The molecule has 18 heavy (non-hydrogen) atoms. The van der Waals surface area contributed by atoms with Gasteiger partial charge >= 0.3 is 0 Å². The molecule has 0 aliphatic heterocycles. The van der Waals surface area contributed by atoms with Gasteiger partial charge in [-0.05, 0) is 40.2 Å². The molecule has 1 rings (SSSR count). The van der Waals surface area contributed by atoms with Crippen LogP contribution < -0.4 is 0 Å². The highest BCUT2D eigenvalue weighted by Crippen LogP contribution is 2.38. The van der Waals surface area contributed by atoms with Crippen molar-refractivity contribution in [3.05, 3.63) is 35.9 Å². The maximum absolute atomic E-state index is 5.71. The maximum Gasteiger partial charge on any atom is 0.107 e. The lowest BCUT2D eigenvalue weighted by atomic mass is 9.72. The minimum absolute atomic E-state index is 0.139. The predicted molar refractivity (Wildman–Crippen MR) is 75.5 cm³/mol. The van der Waals surface area contributed by atoms with Gasteiger partial charge in [0.1, 0.15) is 5.60 Å². The Labute approximate surface area is 111 Å². The summed E-state index contributed by atoms with van der Waals surface area (Å²) in [6.07, 6.45) is 0. The first-order valence-electron chi connectivity index (χ1n) is 6.49. The van der Waals surface area contributed by atoms with E-state index >= 15 is 0 Å². The number of benzene rings is 1. The first-order chi connectivity index (χ1) is 8.06. The van der Waals surface area contributed by atoms with Crippen molar-refractivity contribution in [3.8, 4) is 0 Å². The molecule has 1 aromatic carbocycles. The molecule has 0 saturated carbocycles. The quantitative estimate of drug-likeness (QED) is 0.579. The molecular formula is C16H26O2. The molecule has 0 N–H and O–H groups in total. The van der Waals surface area contributed by atoms with Crippen LogP contribution in [0, 0.1) is 0 Å². The predicted octanol–water partition coefficient (Wildman–Crippen LogP) is 4.49. The van der Waals surface area contributed by atoms with E-state index in [1.165, 1.54) is 5.56 Å². The van der Waals surface area contributed by atoms with Crippen LogP contribution in [0.1, 0.15) is 54.0 Å². The van der Waals surface area contributed by atoms with E-state index in [1.54, 1.807) is 0 Å². The SMILES string of the molecule is CC(C)(C)OOC(C)(C)C(C)(C)c1ccccc1. The summed E-state index contributed by atoms with van der Waals surface area (Å²) in [6.45, 7) is 14.4. The van der Waals surface area contributed by atoms with Gasteiger partial charge in [0.2, 0.25) is 0 Å². The van der Waals surface area contributed by atoms with E-state index < -0.39 is 5.60 Å². The largest absolute Gasteiger partial charge is 0.230 e. The van der Waals surface area contributed by atoms with E-state index in [4.69, 9.17) is 9.78 Å². The van der Waals surface area contributed by atoms with Gasteiger partial charge in [-0.25, -0.2) is 9.78 Å². The van der Waals surface area contributed by atoms with E-state index in [9.17, 15) is 0 Å². The zero-order valence-corrected chi connectivity index (χ0v) is 12.7. The minimum atomic E-state index is -0.415. The summed E-state index contributed by atoms with van der Waals surface area (Å²) in [5.74, 6) is 0. The lowest BCUT2D eigenvalue weighted by Gasteiger charge is -2.41. The van der Waals surface area contributed by atoms with Crippen LogP contribution >= 0.6 is 0 Å². The van der Waals surface area contributed by atoms with E-state index in [0.717, 1.165) is 0 Å². The van der Waals surface area contributed by atoms with Gasteiger partial charge in [0, 0.05) is 5.41 Å². The highest BCUT2D eigenvalue weighted by Gasteiger charge is 2.41. The first kappa shape index (κ1) is 15.2. The molecule has 0 aliphatic rings. The van der Waals surface area contributed by atoms with Crippen molar-refractivity contribution < 1.29 is 9.78 Å². The van der Waals surface area contributed by atoms with E-state index in [-0.39, 0.29) is 11.0 Å². The molecule has 0 unspecified atom stereocenters. The van der Waals surface area contributed by atoms with E-state index in [1.807, 2.05) is 26.8 Å². The van der Waals surface area contributed by atoms with Crippen molar-refractivity contribution in [1.29, 1.82) is 0 Å². The standard InChI is InChI=1S/C16H26O2/c1-14(2,3)17-18-16(6,7)15(4,5)13-11-9-8-10-12-13/h8-12H,1-7H3. The molecule has 0 radical (unpaired) electrons. The Morgan fingerprint density at radius 2 is 1.22 bits per heavy atom. The van der Waals surface area contributed by atoms with Crippen LogP contribution in [-0.4, -0.2) is 11.2 Å². The van der Waals surface area contributed by atoms with Crippen LogP contribution in [0.25, 0.3) is 0 Å². The molecule has 0 saturated heterocycles. The van der Waals surface area contributed by atoms with Gasteiger partial charge in [-0.15, -0.1) is 0 Å². The Morgan fingerprint density at radius 3 is 1.67 bits per heavy atom. The molecule has 0 spiro atoms. The smallest absolute Gasteiger partial charge is 0.107 e. The Balaban J connectivity index is 2.89. The topological polar surface area (TPSA) is 18.5 Å².